The van der Waals surface area contributed by atoms with Crippen LogP contribution in [0.5, 0.6) is 0 Å². The third-order valence-corrected chi connectivity index (χ3v) is 2.96. The SMILES string of the molecule is CCOC(=O)C(C#N)CCN(C)C(C(=O)OCC)C(=O)OCC. The van der Waals surface area contributed by atoms with Gasteiger partial charge in [-0.25, -0.2) is 9.59 Å². The van der Waals surface area contributed by atoms with Gasteiger partial charge in [-0.05, 0) is 34.2 Å². The van der Waals surface area contributed by atoms with Gasteiger partial charge in [-0.1, -0.05) is 0 Å². The number of nitriles is 1. The van der Waals surface area contributed by atoms with E-state index >= 15 is 0 Å². The minimum absolute atomic E-state index is 0.126. The van der Waals surface area contributed by atoms with Crippen LogP contribution in [-0.2, 0) is 28.6 Å². The Morgan fingerprint density at radius 3 is 1.78 bits per heavy atom. The van der Waals surface area contributed by atoms with Crippen LogP contribution in [0.25, 0.3) is 0 Å². The van der Waals surface area contributed by atoms with Gasteiger partial charge < -0.3 is 14.2 Å². The highest BCUT2D eigenvalue weighted by Crippen LogP contribution is 2.10. The Labute approximate surface area is 136 Å². The molecule has 23 heavy (non-hydrogen) atoms. The molecule has 0 aliphatic rings. The molecule has 0 aromatic carbocycles. The third-order valence-electron chi connectivity index (χ3n) is 2.96. The lowest BCUT2D eigenvalue weighted by molar-refractivity contribution is -0.162. The zero-order valence-corrected chi connectivity index (χ0v) is 14.0. The molecule has 0 aromatic heterocycles. The number of nitrogens with zero attached hydrogens (tertiary/aromatic N) is 2. The van der Waals surface area contributed by atoms with Crippen molar-refractivity contribution in [2.24, 2.45) is 5.92 Å². The lowest BCUT2D eigenvalue weighted by atomic mass is 10.1. The molecule has 0 fully saturated rings. The fraction of sp³-hybridized carbons (Fsp3) is 0.733. The molecule has 1 unspecified atom stereocenters. The fourth-order valence-electron chi connectivity index (χ4n) is 1.84. The molecule has 0 spiro atoms. The molecule has 0 aliphatic carbocycles. The molecule has 0 amide bonds. The van der Waals surface area contributed by atoms with Crippen LogP contribution in [0.1, 0.15) is 27.2 Å². The van der Waals surface area contributed by atoms with Crippen LogP contribution in [0.15, 0.2) is 0 Å². The van der Waals surface area contributed by atoms with Crippen molar-refractivity contribution >= 4 is 17.9 Å². The van der Waals surface area contributed by atoms with E-state index in [1.165, 1.54) is 11.9 Å². The second kappa shape index (κ2) is 11.4. The Morgan fingerprint density at radius 1 is 0.957 bits per heavy atom. The predicted molar refractivity (Wildman–Crippen MR) is 80.0 cm³/mol. The average molecular weight is 328 g/mol. The molecule has 0 aromatic rings. The highest BCUT2D eigenvalue weighted by molar-refractivity contribution is 5.99. The molecule has 0 radical (unpaired) electrons. The monoisotopic (exact) mass is 328 g/mol. The summed E-state index contributed by atoms with van der Waals surface area (Å²) in [6.07, 6.45) is 0.126. The van der Waals surface area contributed by atoms with Gasteiger partial charge in [-0.3, -0.25) is 9.69 Å². The molecule has 0 aliphatic heterocycles. The van der Waals surface area contributed by atoms with Gasteiger partial charge in [0.1, 0.15) is 5.92 Å². The van der Waals surface area contributed by atoms with E-state index in [1.54, 1.807) is 20.8 Å². The van der Waals surface area contributed by atoms with Crippen molar-refractivity contribution in [2.75, 3.05) is 33.4 Å². The second-order valence-corrected chi connectivity index (χ2v) is 4.61. The van der Waals surface area contributed by atoms with E-state index in [1.807, 2.05) is 6.07 Å². The average Bonchev–Trinajstić information content (AvgIpc) is 2.48. The maximum absolute atomic E-state index is 11.9. The van der Waals surface area contributed by atoms with Crippen molar-refractivity contribution < 1.29 is 28.6 Å². The summed E-state index contributed by atoms with van der Waals surface area (Å²) in [6, 6.07) is 0.631. The van der Waals surface area contributed by atoms with E-state index in [-0.39, 0.29) is 32.8 Å². The molecular formula is C15H24N2O6. The molecule has 130 valence electrons. The number of esters is 3. The molecule has 0 rings (SSSR count). The van der Waals surface area contributed by atoms with E-state index in [0.717, 1.165) is 0 Å². The number of ether oxygens (including phenoxy) is 3. The smallest absolute Gasteiger partial charge is 0.335 e. The van der Waals surface area contributed by atoms with Gasteiger partial charge in [-0.2, -0.15) is 5.26 Å². The van der Waals surface area contributed by atoms with E-state index in [2.05, 4.69) is 0 Å². The minimum Gasteiger partial charge on any atom is -0.465 e. The molecule has 0 saturated heterocycles. The Bertz CT molecular complexity index is 428. The van der Waals surface area contributed by atoms with Crippen molar-refractivity contribution in [3.8, 4) is 6.07 Å². The summed E-state index contributed by atoms with van der Waals surface area (Å²) in [5.41, 5.74) is 0. The Morgan fingerprint density at radius 2 is 1.39 bits per heavy atom. The van der Waals surface area contributed by atoms with Crippen LogP contribution >= 0.6 is 0 Å². The van der Waals surface area contributed by atoms with Crippen molar-refractivity contribution in [2.45, 2.75) is 33.2 Å². The lowest BCUT2D eigenvalue weighted by Crippen LogP contribution is -2.47. The summed E-state index contributed by atoms with van der Waals surface area (Å²) in [4.78, 5) is 36.8. The van der Waals surface area contributed by atoms with E-state index in [4.69, 9.17) is 19.5 Å². The fourth-order valence-corrected chi connectivity index (χ4v) is 1.84. The Kier molecular flexibility index (Phi) is 10.4. The second-order valence-electron chi connectivity index (χ2n) is 4.61. The summed E-state index contributed by atoms with van der Waals surface area (Å²) < 4.78 is 14.5. The van der Waals surface area contributed by atoms with Crippen LogP contribution in [0.2, 0.25) is 0 Å². The Hall–Kier alpha value is -2.14. The maximum atomic E-state index is 11.9. The highest BCUT2D eigenvalue weighted by Gasteiger charge is 2.34. The van der Waals surface area contributed by atoms with Crippen molar-refractivity contribution in [1.82, 2.24) is 4.90 Å². The summed E-state index contributed by atoms with van der Waals surface area (Å²) >= 11 is 0. The molecule has 1 atom stereocenters. The molecular weight excluding hydrogens is 304 g/mol. The van der Waals surface area contributed by atoms with Gasteiger partial charge in [0.25, 0.3) is 0 Å². The van der Waals surface area contributed by atoms with Crippen LogP contribution in [-0.4, -0.2) is 62.3 Å². The van der Waals surface area contributed by atoms with Crippen molar-refractivity contribution in [1.29, 1.82) is 5.26 Å². The van der Waals surface area contributed by atoms with Crippen LogP contribution in [0, 0.1) is 17.2 Å². The van der Waals surface area contributed by atoms with Crippen LogP contribution < -0.4 is 0 Å². The first-order valence-corrected chi connectivity index (χ1v) is 7.52. The molecule has 8 nitrogen and oxygen atoms in total. The standard InChI is InChI=1S/C15H24N2O6/c1-5-21-13(18)11(10-16)8-9-17(4)12(14(19)22-6-2)15(20)23-7-3/h11-12H,5-9H2,1-4H3. The number of likely N-dealkylation sites (N-methyl/N-ethyl adjacent to an activating group) is 1. The highest BCUT2D eigenvalue weighted by atomic mass is 16.6. The molecule has 0 bridgehead atoms. The van der Waals surface area contributed by atoms with Crippen molar-refractivity contribution in [3.05, 3.63) is 0 Å². The zero-order valence-electron chi connectivity index (χ0n) is 14.0. The molecule has 0 saturated carbocycles. The first kappa shape index (κ1) is 20.9. The van der Waals surface area contributed by atoms with Gasteiger partial charge in [0.2, 0.25) is 6.04 Å². The van der Waals surface area contributed by atoms with Gasteiger partial charge in [0, 0.05) is 6.54 Å². The summed E-state index contributed by atoms with van der Waals surface area (Å²) in [6.45, 7) is 5.51. The first-order valence-electron chi connectivity index (χ1n) is 7.52. The van der Waals surface area contributed by atoms with E-state index in [9.17, 15) is 14.4 Å². The van der Waals surface area contributed by atoms with Gasteiger partial charge in [-0.15, -0.1) is 0 Å². The number of hydrogen-bond acceptors (Lipinski definition) is 8. The summed E-state index contributed by atoms with van der Waals surface area (Å²) in [5.74, 6) is -3.02. The Balaban J connectivity index is 4.85. The van der Waals surface area contributed by atoms with E-state index < -0.39 is 29.9 Å². The number of carbonyl (C=O) groups excluding carboxylic acids is 3. The lowest BCUT2D eigenvalue weighted by Gasteiger charge is -2.25. The quantitative estimate of drug-likeness (QED) is 0.324. The first-order chi connectivity index (χ1) is 10.9. The minimum atomic E-state index is -1.23. The normalized spacial score (nSPS) is 11.7. The van der Waals surface area contributed by atoms with Crippen molar-refractivity contribution in [3.63, 3.8) is 0 Å². The summed E-state index contributed by atoms with van der Waals surface area (Å²) in [5, 5.41) is 9.01. The third kappa shape index (κ3) is 7.10. The zero-order chi connectivity index (χ0) is 17.8. The van der Waals surface area contributed by atoms with Gasteiger partial charge >= 0.3 is 17.9 Å². The number of hydrogen-bond donors (Lipinski definition) is 0. The van der Waals surface area contributed by atoms with Crippen LogP contribution in [0.4, 0.5) is 0 Å². The molecule has 8 heteroatoms. The van der Waals surface area contributed by atoms with Crippen LogP contribution in [0.3, 0.4) is 0 Å². The topological polar surface area (TPSA) is 106 Å². The maximum Gasteiger partial charge on any atom is 0.335 e. The van der Waals surface area contributed by atoms with Gasteiger partial charge in [0.05, 0.1) is 25.9 Å². The largest absolute Gasteiger partial charge is 0.465 e. The molecule has 0 heterocycles. The predicted octanol–water partition coefficient (Wildman–Crippen LogP) is 0.506. The molecule has 0 N–H and O–H groups in total. The number of carbonyl (C=O) groups is 3. The summed E-state index contributed by atoms with van der Waals surface area (Å²) in [7, 11) is 1.53. The van der Waals surface area contributed by atoms with E-state index in [0.29, 0.717) is 0 Å². The van der Waals surface area contributed by atoms with Gasteiger partial charge in [0.15, 0.2) is 0 Å². The number of rotatable bonds is 10.